The summed E-state index contributed by atoms with van der Waals surface area (Å²) >= 11 is 1.42. The maximum absolute atomic E-state index is 12.3. The van der Waals surface area contributed by atoms with Crippen LogP contribution < -0.4 is 15.2 Å². The van der Waals surface area contributed by atoms with Gasteiger partial charge in [-0.25, -0.2) is 18.1 Å². The van der Waals surface area contributed by atoms with Crippen molar-refractivity contribution >= 4 is 27.0 Å². The van der Waals surface area contributed by atoms with Gasteiger partial charge in [0.05, 0.1) is 23.7 Å². The number of nitrogen functional groups attached to an aromatic ring is 1. The predicted octanol–water partition coefficient (Wildman–Crippen LogP) is 2.08. The summed E-state index contributed by atoms with van der Waals surface area (Å²) in [5.41, 5.74) is 6.89. The monoisotopic (exact) mass is 327 g/mol. The predicted molar refractivity (Wildman–Crippen MR) is 83.0 cm³/mol. The van der Waals surface area contributed by atoms with E-state index in [2.05, 4.69) is 9.71 Å². The van der Waals surface area contributed by atoms with Crippen LogP contribution in [0, 0.1) is 6.92 Å². The molecule has 0 spiro atoms. The molecule has 1 unspecified atom stereocenters. The smallest absolute Gasteiger partial charge is 0.241 e. The minimum absolute atomic E-state index is 0.0981. The Morgan fingerprint density at radius 1 is 1.43 bits per heavy atom. The molecular weight excluding hydrogens is 310 g/mol. The van der Waals surface area contributed by atoms with Crippen LogP contribution in [0.1, 0.15) is 23.7 Å². The lowest BCUT2D eigenvalue weighted by Gasteiger charge is -2.13. The lowest BCUT2D eigenvalue weighted by molar-refractivity contribution is 0.416. The lowest BCUT2D eigenvalue weighted by Crippen LogP contribution is -2.27. The highest BCUT2D eigenvalue weighted by molar-refractivity contribution is 7.89. The summed E-state index contributed by atoms with van der Waals surface area (Å²) in [5.74, 6) is 0.442. The molecule has 1 aromatic carbocycles. The van der Waals surface area contributed by atoms with Crippen molar-refractivity contribution in [2.24, 2.45) is 0 Å². The summed E-state index contributed by atoms with van der Waals surface area (Å²) in [4.78, 5) is 4.38. The Labute approximate surface area is 128 Å². The van der Waals surface area contributed by atoms with Crippen molar-refractivity contribution in [3.63, 3.8) is 0 Å². The van der Waals surface area contributed by atoms with Crippen LogP contribution in [0.2, 0.25) is 0 Å². The number of benzene rings is 1. The molecule has 0 bridgehead atoms. The number of nitrogens with one attached hydrogen (secondary N) is 1. The van der Waals surface area contributed by atoms with Crippen LogP contribution in [-0.4, -0.2) is 20.5 Å². The zero-order valence-corrected chi connectivity index (χ0v) is 13.6. The van der Waals surface area contributed by atoms with Crippen molar-refractivity contribution in [1.82, 2.24) is 9.71 Å². The van der Waals surface area contributed by atoms with Gasteiger partial charge in [-0.3, -0.25) is 0 Å². The molecule has 0 amide bonds. The van der Waals surface area contributed by atoms with Crippen LogP contribution in [0.3, 0.4) is 0 Å². The van der Waals surface area contributed by atoms with Gasteiger partial charge in [0.1, 0.15) is 10.8 Å². The van der Waals surface area contributed by atoms with Crippen LogP contribution in [0.15, 0.2) is 28.5 Å². The fraction of sp³-hybridized carbons (Fsp3) is 0.308. The van der Waals surface area contributed by atoms with E-state index < -0.39 is 16.1 Å². The molecule has 1 heterocycles. The summed E-state index contributed by atoms with van der Waals surface area (Å²) in [7, 11) is -2.19. The van der Waals surface area contributed by atoms with E-state index in [1.54, 1.807) is 6.92 Å². The van der Waals surface area contributed by atoms with Crippen molar-refractivity contribution in [3.8, 4) is 5.75 Å². The molecule has 3 N–H and O–H groups in total. The molecule has 0 saturated carbocycles. The van der Waals surface area contributed by atoms with Crippen molar-refractivity contribution < 1.29 is 13.2 Å². The Hall–Kier alpha value is -1.64. The van der Waals surface area contributed by atoms with Crippen LogP contribution >= 0.6 is 11.3 Å². The minimum atomic E-state index is -3.66. The quantitative estimate of drug-likeness (QED) is 0.820. The van der Waals surface area contributed by atoms with Crippen molar-refractivity contribution in [3.05, 3.63) is 34.3 Å². The second-order valence-electron chi connectivity index (χ2n) is 4.57. The molecule has 6 nitrogen and oxygen atoms in total. The summed E-state index contributed by atoms with van der Waals surface area (Å²) in [6, 6.07) is 3.96. The van der Waals surface area contributed by atoms with E-state index in [9.17, 15) is 8.42 Å². The Morgan fingerprint density at radius 2 is 2.14 bits per heavy atom. The summed E-state index contributed by atoms with van der Waals surface area (Å²) in [6.45, 7) is 3.62. The third kappa shape index (κ3) is 3.52. The van der Waals surface area contributed by atoms with Crippen LogP contribution in [0.4, 0.5) is 5.69 Å². The Bertz CT molecular complexity index is 741. The van der Waals surface area contributed by atoms with E-state index in [4.69, 9.17) is 10.5 Å². The number of hydrogen-bond acceptors (Lipinski definition) is 6. The number of anilines is 1. The van der Waals surface area contributed by atoms with Gasteiger partial charge >= 0.3 is 0 Å². The second kappa shape index (κ2) is 6.00. The molecule has 1 aromatic heterocycles. The van der Waals surface area contributed by atoms with Crippen LogP contribution in [0.25, 0.3) is 0 Å². The number of aromatic nitrogens is 1. The number of rotatable bonds is 5. The van der Waals surface area contributed by atoms with Crippen LogP contribution in [-0.2, 0) is 10.0 Å². The van der Waals surface area contributed by atoms with Gasteiger partial charge in [-0.15, -0.1) is 11.3 Å². The zero-order chi connectivity index (χ0) is 15.6. The molecule has 0 aliphatic carbocycles. The molecule has 114 valence electrons. The molecule has 8 heteroatoms. The highest BCUT2D eigenvalue weighted by atomic mass is 32.2. The number of thiazole rings is 1. The van der Waals surface area contributed by atoms with E-state index in [0.29, 0.717) is 5.75 Å². The highest BCUT2D eigenvalue weighted by Crippen LogP contribution is 2.26. The van der Waals surface area contributed by atoms with E-state index >= 15 is 0 Å². The minimum Gasteiger partial charge on any atom is -0.495 e. The number of nitrogens with zero attached hydrogens (tertiary/aromatic N) is 1. The summed E-state index contributed by atoms with van der Waals surface area (Å²) < 4.78 is 32.3. The third-order valence-corrected chi connectivity index (χ3v) is 5.53. The average Bonchev–Trinajstić information content (AvgIpc) is 2.85. The van der Waals surface area contributed by atoms with Gasteiger partial charge in [-0.05, 0) is 32.0 Å². The second-order valence-corrected chi connectivity index (χ2v) is 7.18. The first-order chi connectivity index (χ1) is 9.83. The summed E-state index contributed by atoms with van der Waals surface area (Å²) in [6.07, 6.45) is 0. The normalized spacial score (nSPS) is 13.1. The first-order valence-corrected chi connectivity index (χ1v) is 8.57. The number of sulfonamides is 1. The van der Waals surface area contributed by atoms with E-state index in [0.717, 1.165) is 10.7 Å². The highest BCUT2D eigenvalue weighted by Gasteiger charge is 2.21. The largest absolute Gasteiger partial charge is 0.495 e. The van der Waals surface area contributed by atoms with Crippen molar-refractivity contribution in [1.29, 1.82) is 0 Å². The van der Waals surface area contributed by atoms with Crippen molar-refractivity contribution in [2.45, 2.75) is 24.8 Å². The lowest BCUT2D eigenvalue weighted by atomic mass is 10.3. The first-order valence-electron chi connectivity index (χ1n) is 6.21. The Kier molecular flexibility index (Phi) is 4.50. The molecule has 0 radical (unpaired) electrons. The number of hydrogen-bond donors (Lipinski definition) is 2. The number of nitrogens with two attached hydrogens (primary N) is 1. The van der Waals surface area contributed by atoms with Crippen molar-refractivity contribution in [2.75, 3.05) is 12.8 Å². The van der Waals surface area contributed by atoms with Gasteiger partial charge in [0.2, 0.25) is 10.0 Å². The summed E-state index contributed by atoms with van der Waals surface area (Å²) in [5, 5.41) is 2.60. The SMILES string of the molecule is COc1ccc(S(=O)(=O)NC(C)c2nc(C)cs2)cc1N. The number of methoxy groups -OCH3 is 1. The van der Waals surface area contributed by atoms with Gasteiger partial charge < -0.3 is 10.5 Å². The van der Waals surface area contributed by atoms with Gasteiger partial charge in [0, 0.05) is 11.1 Å². The molecule has 0 saturated heterocycles. The van der Waals surface area contributed by atoms with Crippen LogP contribution in [0.5, 0.6) is 5.75 Å². The van der Waals surface area contributed by atoms with Gasteiger partial charge in [-0.2, -0.15) is 0 Å². The molecule has 0 aliphatic rings. The maximum Gasteiger partial charge on any atom is 0.241 e. The van der Waals surface area contributed by atoms with Gasteiger partial charge in [0.15, 0.2) is 0 Å². The molecular formula is C13H17N3O3S2. The molecule has 2 rings (SSSR count). The standard InChI is InChI=1S/C13H17N3O3S2/c1-8-7-20-13(15-8)9(2)16-21(17,18)10-4-5-12(19-3)11(14)6-10/h4-7,9,16H,14H2,1-3H3. The van der Waals surface area contributed by atoms with E-state index in [1.165, 1.54) is 36.6 Å². The average molecular weight is 327 g/mol. The number of ether oxygens (including phenoxy) is 1. The first kappa shape index (κ1) is 15.7. The number of aryl methyl sites for hydroxylation is 1. The zero-order valence-electron chi connectivity index (χ0n) is 12.0. The maximum atomic E-state index is 12.3. The Morgan fingerprint density at radius 3 is 2.67 bits per heavy atom. The molecule has 0 aliphatic heterocycles. The molecule has 0 fully saturated rings. The van der Waals surface area contributed by atoms with Gasteiger partial charge in [-0.1, -0.05) is 0 Å². The molecule has 1 atom stereocenters. The fourth-order valence-electron chi connectivity index (χ4n) is 1.80. The van der Waals surface area contributed by atoms with E-state index in [-0.39, 0.29) is 10.6 Å². The topological polar surface area (TPSA) is 94.3 Å². The molecule has 21 heavy (non-hydrogen) atoms. The fourth-order valence-corrected chi connectivity index (χ4v) is 3.92. The van der Waals surface area contributed by atoms with E-state index in [1.807, 2.05) is 12.3 Å². The Balaban J connectivity index is 2.24. The third-order valence-electron chi connectivity index (χ3n) is 2.85. The van der Waals surface area contributed by atoms with Gasteiger partial charge in [0.25, 0.3) is 0 Å². The molecule has 2 aromatic rings.